The summed E-state index contributed by atoms with van der Waals surface area (Å²) in [4.78, 5) is 15.5. The number of ether oxygens (including phenoxy) is 2. The van der Waals surface area contributed by atoms with Crippen molar-refractivity contribution in [3.63, 3.8) is 0 Å². The van der Waals surface area contributed by atoms with Gasteiger partial charge in [0.1, 0.15) is 0 Å². The van der Waals surface area contributed by atoms with Gasteiger partial charge in [0.15, 0.2) is 11.5 Å². The maximum absolute atomic E-state index is 13.6. The van der Waals surface area contributed by atoms with Gasteiger partial charge in [0, 0.05) is 13.1 Å². The normalized spacial score (nSPS) is 16.9. The largest absolute Gasteiger partial charge is 0.493 e. The van der Waals surface area contributed by atoms with E-state index in [4.69, 9.17) is 9.47 Å². The van der Waals surface area contributed by atoms with Crippen molar-refractivity contribution < 1.29 is 19.4 Å². The Morgan fingerprint density at radius 3 is 2.19 bits per heavy atom. The van der Waals surface area contributed by atoms with Crippen LogP contribution in [-0.2, 0) is 10.2 Å². The first kappa shape index (κ1) is 21.5. The molecule has 2 rings (SSSR count). The highest BCUT2D eigenvalue weighted by molar-refractivity contribution is 5.88. The van der Waals surface area contributed by atoms with E-state index in [0.29, 0.717) is 50.3 Å². The Balaban J connectivity index is 2.29. The van der Waals surface area contributed by atoms with Crippen molar-refractivity contribution in [1.29, 1.82) is 0 Å². The van der Waals surface area contributed by atoms with E-state index in [1.807, 2.05) is 23.1 Å². The van der Waals surface area contributed by atoms with Crippen LogP contribution in [0.3, 0.4) is 0 Å². The van der Waals surface area contributed by atoms with Gasteiger partial charge in [0.05, 0.1) is 25.2 Å². The third-order valence-corrected chi connectivity index (χ3v) is 6.25. The Hall–Kier alpha value is -1.75. The number of carbonyl (C=O) groups is 1. The van der Waals surface area contributed by atoms with E-state index in [1.165, 1.54) is 0 Å². The Morgan fingerprint density at radius 2 is 1.70 bits per heavy atom. The molecule has 1 saturated heterocycles. The maximum Gasteiger partial charge on any atom is 0.233 e. The lowest BCUT2D eigenvalue weighted by Gasteiger charge is -2.43. The third-order valence-electron chi connectivity index (χ3n) is 6.25. The zero-order valence-electron chi connectivity index (χ0n) is 17.5. The quantitative estimate of drug-likeness (QED) is 0.746. The number of carbonyl (C=O) groups excluding carboxylic acids is 1. The smallest absolute Gasteiger partial charge is 0.233 e. The molecule has 0 aromatic heterocycles. The maximum atomic E-state index is 13.6. The fourth-order valence-corrected chi connectivity index (χ4v) is 4.36. The lowest BCUT2D eigenvalue weighted by molar-refractivity contribution is -0.142. The van der Waals surface area contributed by atoms with Crippen LogP contribution in [0.2, 0.25) is 0 Å². The van der Waals surface area contributed by atoms with Crippen LogP contribution in [0.25, 0.3) is 0 Å². The molecular formula is C22H35NO4. The topological polar surface area (TPSA) is 59.0 Å². The zero-order valence-corrected chi connectivity index (χ0v) is 17.5. The molecule has 1 fully saturated rings. The minimum absolute atomic E-state index is 0.151. The molecule has 1 aliphatic heterocycles. The fourth-order valence-electron chi connectivity index (χ4n) is 4.36. The lowest BCUT2D eigenvalue weighted by atomic mass is 9.73. The number of amides is 1. The average molecular weight is 378 g/mol. The van der Waals surface area contributed by atoms with Crippen molar-refractivity contribution in [3.05, 3.63) is 23.8 Å². The van der Waals surface area contributed by atoms with Crippen LogP contribution in [0.1, 0.15) is 64.9 Å². The molecule has 5 heteroatoms. The molecule has 0 saturated carbocycles. The van der Waals surface area contributed by atoms with Gasteiger partial charge in [-0.1, -0.05) is 33.3 Å². The number of benzene rings is 1. The Bertz CT molecular complexity index is 631. The molecule has 1 aromatic carbocycles. The van der Waals surface area contributed by atoms with Crippen LogP contribution in [0.15, 0.2) is 18.2 Å². The second kappa shape index (κ2) is 8.96. The van der Waals surface area contributed by atoms with Crippen LogP contribution in [-0.4, -0.2) is 48.8 Å². The summed E-state index contributed by atoms with van der Waals surface area (Å²) in [6.07, 6.45) is 4.51. The summed E-state index contributed by atoms with van der Waals surface area (Å²) in [5, 5.41) is 10.7. The summed E-state index contributed by atoms with van der Waals surface area (Å²) < 4.78 is 10.8. The number of piperidine rings is 1. The van der Waals surface area contributed by atoms with Gasteiger partial charge < -0.3 is 19.5 Å². The van der Waals surface area contributed by atoms with Crippen LogP contribution >= 0.6 is 0 Å². The number of hydrogen-bond donors (Lipinski definition) is 1. The SMILES string of the molecule is CCCC1(O)CCN(C(=O)C(CC)(CC)c2ccc(OC)c(OC)c2)CC1. The lowest BCUT2D eigenvalue weighted by Crippen LogP contribution is -2.52. The summed E-state index contributed by atoms with van der Waals surface area (Å²) in [6, 6.07) is 5.78. The molecule has 1 aliphatic rings. The summed E-state index contributed by atoms with van der Waals surface area (Å²) >= 11 is 0. The fraction of sp³-hybridized carbons (Fsp3) is 0.682. The molecule has 1 N–H and O–H groups in total. The second-order valence-electron chi connectivity index (χ2n) is 7.63. The Morgan fingerprint density at radius 1 is 1.11 bits per heavy atom. The first-order chi connectivity index (χ1) is 12.9. The van der Waals surface area contributed by atoms with Crippen molar-refractivity contribution in [2.75, 3.05) is 27.3 Å². The van der Waals surface area contributed by atoms with Gasteiger partial charge in [-0.05, 0) is 49.8 Å². The highest BCUT2D eigenvalue weighted by atomic mass is 16.5. The van der Waals surface area contributed by atoms with E-state index in [2.05, 4.69) is 20.8 Å². The molecule has 152 valence electrons. The van der Waals surface area contributed by atoms with E-state index in [0.717, 1.165) is 18.4 Å². The molecule has 0 unspecified atom stereocenters. The highest BCUT2D eigenvalue weighted by Gasteiger charge is 2.43. The molecule has 0 radical (unpaired) electrons. The molecule has 27 heavy (non-hydrogen) atoms. The number of likely N-dealkylation sites (tertiary alicyclic amines) is 1. The van der Waals surface area contributed by atoms with E-state index in [-0.39, 0.29) is 5.91 Å². The summed E-state index contributed by atoms with van der Waals surface area (Å²) in [5.74, 6) is 1.46. The first-order valence-electron chi connectivity index (χ1n) is 10.1. The summed E-state index contributed by atoms with van der Waals surface area (Å²) in [5.41, 5.74) is -0.236. The molecule has 0 atom stereocenters. The van der Waals surface area contributed by atoms with Crippen LogP contribution in [0.4, 0.5) is 0 Å². The first-order valence-corrected chi connectivity index (χ1v) is 10.1. The predicted molar refractivity (Wildman–Crippen MR) is 107 cm³/mol. The number of nitrogens with zero attached hydrogens (tertiary/aromatic N) is 1. The summed E-state index contributed by atoms with van der Waals surface area (Å²) in [6.45, 7) is 7.45. The van der Waals surface area contributed by atoms with Gasteiger partial charge in [-0.3, -0.25) is 4.79 Å². The molecule has 0 spiro atoms. The second-order valence-corrected chi connectivity index (χ2v) is 7.63. The van der Waals surface area contributed by atoms with Gasteiger partial charge in [-0.2, -0.15) is 0 Å². The predicted octanol–water partition coefficient (Wildman–Crippen LogP) is 3.92. The molecular weight excluding hydrogens is 342 g/mol. The molecule has 0 bridgehead atoms. The Labute approximate surface area is 163 Å². The van der Waals surface area contributed by atoms with Crippen LogP contribution in [0.5, 0.6) is 11.5 Å². The zero-order chi connectivity index (χ0) is 20.1. The summed E-state index contributed by atoms with van der Waals surface area (Å²) in [7, 11) is 3.23. The van der Waals surface area contributed by atoms with Gasteiger partial charge in [-0.15, -0.1) is 0 Å². The Kier molecular flexibility index (Phi) is 7.15. The highest BCUT2D eigenvalue weighted by Crippen LogP contribution is 2.40. The van der Waals surface area contributed by atoms with E-state index < -0.39 is 11.0 Å². The minimum Gasteiger partial charge on any atom is -0.493 e. The number of rotatable bonds is 8. The van der Waals surface area contributed by atoms with Gasteiger partial charge in [-0.25, -0.2) is 0 Å². The molecule has 1 heterocycles. The van der Waals surface area contributed by atoms with Crippen LogP contribution in [0, 0.1) is 0 Å². The number of aliphatic hydroxyl groups is 1. The van der Waals surface area contributed by atoms with E-state index in [1.54, 1.807) is 14.2 Å². The van der Waals surface area contributed by atoms with E-state index in [9.17, 15) is 9.90 Å². The molecule has 0 aliphatic carbocycles. The van der Waals surface area contributed by atoms with Crippen LogP contribution < -0.4 is 9.47 Å². The molecule has 5 nitrogen and oxygen atoms in total. The van der Waals surface area contributed by atoms with Crippen molar-refractivity contribution >= 4 is 5.91 Å². The standard InChI is InChI=1S/C22H35NO4/c1-6-11-21(25)12-14-23(15-13-21)20(24)22(7-2,8-3)17-9-10-18(26-4)19(16-17)27-5/h9-10,16,25H,6-8,11-15H2,1-5H3. The van der Waals surface area contributed by atoms with Gasteiger partial charge in [0.25, 0.3) is 0 Å². The van der Waals surface area contributed by atoms with Crippen molar-refractivity contribution in [3.8, 4) is 11.5 Å². The number of methoxy groups -OCH3 is 2. The minimum atomic E-state index is -0.615. The molecule has 1 amide bonds. The third kappa shape index (κ3) is 4.23. The van der Waals surface area contributed by atoms with Gasteiger partial charge >= 0.3 is 0 Å². The average Bonchev–Trinajstić information content (AvgIpc) is 2.69. The molecule has 1 aromatic rings. The van der Waals surface area contributed by atoms with Crippen molar-refractivity contribution in [2.24, 2.45) is 0 Å². The van der Waals surface area contributed by atoms with Crippen molar-refractivity contribution in [1.82, 2.24) is 4.90 Å². The monoisotopic (exact) mass is 377 g/mol. The van der Waals surface area contributed by atoms with Gasteiger partial charge in [0.2, 0.25) is 5.91 Å². The van der Waals surface area contributed by atoms with E-state index >= 15 is 0 Å². The number of hydrogen-bond acceptors (Lipinski definition) is 4. The van der Waals surface area contributed by atoms with Crippen molar-refractivity contribution in [2.45, 2.75) is 70.3 Å².